The quantitative estimate of drug-likeness (QED) is 0.768. The standard InChI is InChI=1S/C18H26N4O5/c1-18(2,3)27-16(24)20-19-15(23)21-9-11-22(12-10-21)17(25)26-13-14-7-5-4-6-8-14/h4-8H,9-13H2,1-3H3,(H,19,23)(H,20,24). The van der Waals surface area contributed by atoms with E-state index in [1.165, 1.54) is 4.90 Å². The van der Waals surface area contributed by atoms with Gasteiger partial charge in [0.25, 0.3) is 0 Å². The van der Waals surface area contributed by atoms with Crippen molar-refractivity contribution >= 4 is 18.2 Å². The third-order valence-electron chi connectivity index (χ3n) is 3.70. The van der Waals surface area contributed by atoms with E-state index in [2.05, 4.69) is 10.9 Å². The molecule has 0 saturated carbocycles. The maximum absolute atomic E-state index is 12.1. The second kappa shape index (κ2) is 9.11. The summed E-state index contributed by atoms with van der Waals surface area (Å²) in [4.78, 5) is 38.8. The van der Waals surface area contributed by atoms with E-state index in [-0.39, 0.29) is 6.61 Å². The van der Waals surface area contributed by atoms with Crippen LogP contribution in [0.15, 0.2) is 30.3 Å². The summed E-state index contributed by atoms with van der Waals surface area (Å²) in [7, 11) is 0. The first-order valence-electron chi connectivity index (χ1n) is 8.74. The zero-order valence-corrected chi connectivity index (χ0v) is 15.9. The molecule has 9 nitrogen and oxygen atoms in total. The summed E-state index contributed by atoms with van der Waals surface area (Å²) in [5.41, 5.74) is 4.76. The summed E-state index contributed by atoms with van der Waals surface area (Å²) in [5.74, 6) is 0. The van der Waals surface area contributed by atoms with E-state index < -0.39 is 23.8 Å². The van der Waals surface area contributed by atoms with Gasteiger partial charge in [-0.05, 0) is 26.3 Å². The maximum Gasteiger partial charge on any atom is 0.426 e. The van der Waals surface area contributed by atoms with Gasteiger partial charge in [-0.1, -0.05) is 30.3 Å². The van der Waals surface area contributed by atoms with E-state index >= 15 is 0 Å². The van der Waals surface area contributed by atoms with Crippen molar-refractivity contribution in [2.45, 2.75) is 33.0 Å². The molecule has 148 valence electrons. The average molecular weight is 378 g/mol. The van der Waals surface area contributed by atoms with Gasteiger partial charge in [0.05, 0.1) is 0 Å². The van der Waals surface area contributed by atoms with Crippen molar-refractivity contribution < 1.29 is 23.9 Å². The molecule has 1 heterocycles. The molecule has 9 heteroatoms. The average Bonchev–Trinajstić information content (AvgIpc) is 2.64. The monoisotopic (exact) mass is 378 g/mol. The predicted molar refractivity (Wildman–Crippen MR) is 97.7 cm³/mol. The molecule has 2 rings (SSSR count). The number of benzene rings is 1. The van der Waals surface area contributed by atoms with E-state index in [1.54, 1.807) is 25.7 Å². The van der Waals surface area contributed by atoms with Gasteiger partial charge in [0.2, 0.25) is 0 Å². The molecule has 0 aliphatic carbocycles. The maximum atomic E-state index is 12.1. The molecule has 1 aromatic rings. The molecule has 1 aliphatic rings. The molecule has 1 fully saturated rings. The number of nitrogens with one attached hydrogen (secondary N) is 2. The first-order chi connectivity index (χ1) is 12.7. The zero-order chi connectivity index (χ0) is 19.9. The van der Waals surface area contributed by atoms with Gasteiger partial charge in [-0.3, -0.25) is 0 Å². The van der Waals surface area contributed by atoms with E-state index in [4.69, 9.17) is 9.47 Å². The first kappa shape index (κ1) is 20.3. The highest BCUT2D eigenvalue weighted by atomic mass is 16.6. The smallest absolute Gasteiger partial charge is 0.426 e. The van der Waals surface area contributed by atoms with Gasteiger partial charge in [-0.15, -0.1) is 0 Å². The van der Waals surface area contributed by atoms with Crippen LogP contribution in [0.2, 0.25) is 0 Å². The molecule has 1 aromatic carbocycles. The minimum Gasteiger partial charge on any atom is -0.445 e. The molecule has 1 aliphatic heterocycles. The second-order valence-corrected chi connectivity index (χ2v) is 7.07. The number of carbonyl (C=O) groups is 3. The van der Waals surface area contributed by atoms with Crippen LogP contribution in [0, 0.1) is 0 Å². The van der Waals surface area contributed by atoms with Gasteiger partial charge < -0.3 is 19.3 Å². The van der Waals surface area contributed by atoms with Crippen molar-refractivity contribution in [1.29, 1.82) is 0 Å². The number of hydrazine groups is 1. The summed E-state index contributed by atoms with van der Waals surface area (Å²) >= 11 is 0. The lowest BCUT2D eigenvalue weighted by molar-refractivity contribution is 0.0493. The van der Waals surface area contributed by atoms with Crippen LogP contribution < -0.4 is 10.9 Å². The second-order valence-electron chi connectivity index (χ2n) is 7.07. The van der Waals surface area contributed by atoms with Gasteiger partial charge in [0.1, 0.15) is 12.2 Å². The Balaban J connectivity index is 1.68. The van der Waals surface area contributed by atoms with Crippen molar-refractivity contribution in [3.63, 3.8) is 0 Å². The van der Waals surface area contributed by atoms with Crippen LogP contribution in [-0.4, -0.2) is 59.8 Å². The summed E-state index contributed by atoms with van der Waals surface area (Å²) in [6.07, 6.45) is -1.15. The number of urea groups is 1. The molecule has 0 bridgehead atoms. The van der Waals surface area contributed by atoms with Gasteiger partial charge in [-0.25, -0.2) is 25.2 Å². The molecular formula is C18H26N4O5. The van der Waals surface area contributed by atoms with Crippen LogP contribution in [0.4, 0.5) is 14.4 Å². The van der Waals surface area contributed by atoms with Crippen LogP contribution >= 0.6 is 0 Å². The molecule has 0 atom stereocenters. The highest BCUT2D eigenvalue weighted by Gasteiger charge is 2.25. The summed E-state index contributed by atoms with van der Waals surface area (Å²) in [6.45, 7) is 6.77. The molecule has 0 radical (unpaired) electrons. The number of amides is 4. The molecular weight excluding hydrogens is 352 g/mol. The molecule has 0 aromatic heterocycles. The normalized spacial score (nSPS) is 14.3. The fourth-order valence-electron chi connectivity index (χ4n) is 2.39. The lowest BCUT2D eigenvalue weighted by atomic mass is 10.2. The molecule has 2 N–H and O–H groups in total. The zero-order valence-electron chi connectivity index (χ0n) is 15.9. The number of piperazine rings is 1. The Bertz CT molecular complexity index is 651. The number of nitrogens with zero attached hydrogens (tertiary/aromatic N) is 2. The van der Waals surface area contributed by atoms with Crippen LogP contribution in [0.5, 0.6) is 0 Å². The lowest BCUT2D eigenvalue weighted by Crippen LogP contribution is -2.56. The lowest BCUT2D eigenvalue weighted by Gasteiger charge is -2.34. The Kier molecular flexibility index (Phi) is 6.86. The minimum atomic E-state index is -0.737. The van der Waals surface area contributed by atoms with Crippen LogP contribution in [-0.2, 0) is 16.1 Å². The molecule has 0 spiro atoms. The SMILES string of the molecule is CC(C)(C)OC(=O)NNC(=O)N1CCN(C(=O)OCc2ccccc2)CC1. The summed E-state index contributed by atoms with van der Waals surface area (Å²) in [6, 6.07) is 8.96. The number of hydrogen-bond donors (Lipinski definition) is 2. The largest absolute Gasteiger partial charge is 0.445 e. The molecule has 27 heavy (non-hydrogen) atoms. The Labute approximate surface area is 158 Å². The third-order valence-corrected chi connectivity index (χ3v) is 3.70. The van der Waals surface area contributed by atoms with Crippen molar-refractivity contribution in [3.8, 4) is 0 Å². The number of hydrogen-bond acceptors (Lipinski definition) is 5. The Morgan fingerprint density at radius 1 is 0.963 bits per heavy atom. The molecule has 1 saturated heterocycles. The fraction of sp³-hybridized carbons (Fsp3) is 0.500. The summed E-state index contributed by atoms with van der Waals surface area (Å²) in [5, 5.41) is 0. The van der Waals surface area contributed by atoms with Gasteiger partial charge in [0, 0.05) is 26.2 Å². The Morgan fingerprint density at radius 3 is 2.15 bits per heavy atom. The van der Waals surface area contributed by atoms with Gasteiger partial charge in [-0.2, -0.15) is 0 Å². The van der Waals surface area contributed by atoms with Gasteiger partial charge in [0.15, 0.2) is 0 Å². The van der Waals surface area contributed by atoms with E-state index in [9.17, 15) is 14.4 Å². The van der Waals surface area contributed by atoms with Gasteiger partial charge >= 0.3 is 18.2 Å². The van der Waals surface area contributed by atoms with Crippen LogP contribution in [0.1, 0.15) is 26.3 Å². The molecule has 0 unspecified atom stereocenters. The highest BCUT2D eigenvalue weighted by molar-refractivity contribution is 5.78. The fourth-order valence-corrected chi connectivity index (χ4v) is 2.39. The van der Waals surface area contributed by atoms with E-state index in [0.29, 0.717) is 26.2 Å². The Hall–Kier alpha value is -2.97. The van der Waals surface area contributed by atoms with E-state index in [1.807, 2.05) is 30.3 Å². The van der Waals surface area contributed by atoms with Crippen molar-refractivity contribution in [3.05, 3.63) is 35.9 Å². The van der Waals surface area contributed by atoms with Crippen molar-refractivity contribution in [2.75, 3.05) is 26.2 Å². The minimum absolute atomic E-state index is 0.209. The summed E-state index contributed by atoms with van der Waals surface area (Å²) < 4.78 is 10.3. The van der Waals surface area contributed by atoms with E-state index in [0.717, 1.165) is 5.56 Å². The predicted octanol–water partition coefficient (Wildman–Crippen LogP) is 2.09. The van der Waals surface area contributed by atoms with Crippen LogP contribution in [0.3, 0.4) is 0 Å². The van der Waals surface area contributed by atoms with Crippen molar-refractivity contribution in [2.24, 2.45) is 0 Å². The Morgan fingerprint density at radius 2 is 1.56 bits per heavy atom. The topological polar surface area (TPSA) is 100 Å². The first-order valence-corrected chi connectivity index (χ1v) is 8.74. The van der Waals surface area contributed by atoms with Crippen molar-refractivity contribution in [1.82, 2.24) is 20.7 Å². The molecule has 4 amide bonds. The third kappa shape index (κ3) is 7.04. The number of rotatable bonds is 2. The highest BCUT2D eigenvalue weighted by Crippen LogP contribution is 2.08. The number of ether oxygens (including phenoxy) is 2. The number of carbonyl (C=O) groups excluding carboxylic acids is 3. The van der Waals surface area contributed by atoms with Crippen LogP contribution in [0.25, 0.3) is 0 Å².